The Morgan fingerprint density at radius 1 is 1.20 bits per heavy atom. The van der Waals surface area contributed by atoms with Crippen molar-refractivity contribution in [2.75, 3.05) is 18.5 Å². The van der Waals surface area contributed by atoms with Crippen molar-refractivity contribution >= 4 is 46.7 Å². The number of amides is 2. The molecule has 2 N–H and O–H groups in total. The normalized spacial score (nSPS) is 13.1. The molecule has 1 aliphatic carbocycles. The van der Waals surface area contributed by atoms with Crippen LogP contribution in [0.1, 0.15) is 51.9 Å². The first-order valence-corrected chi connectivity index (χ1v) is 10.4. The summed E-state index contributed by atoms with van der Waals surface area (Å²) in [5.74, 6) is -0.772. The second-order valence-electron chi connectivity index (χ2n) is 7.15. The molecule has 7 nitrogen and oxygen atoms in total. The smallest absolute Gasteiger partial charge is 0.355 e. The molecule has 9 heteroatoms. The van der Waals surface area contributed by atoms with Gasteiger partial charge in [0.25, 0.3) is 0 Å². The summed E-state index contributed by atoms with van der Waals surface area (Å²) in [5.41, 5.74) is 2.03. The predicted molar refractivity (Wildman–Crippen MR) is 116 cm³/mol. The molecule has 1 aliphatic rings. The number of aromatic amines is 1. The maximum absolute atomic E-state index is 13.1. The van der Waals surface area contributed by atoms with Crippen molar-refractivity contribution in [2.45, 2.75) is 39.7 Å². The summed E-state index contributed by atoms with van der Waals surface area (Å²) in [7, 11) is 0. The zero-order chi connectivity index (χ0) is 22.0. The molecule has 0 bridgehead atoms. The third kappa shape index (κ3) is 4.63. The number of Topliss-reactive ketones (excluding diaryl/α,β-unsaturated/α-hetero) is 1. The van der Waals surface area contributed by atoms with E-state index in [4.69, 9.17) is 27.9 Å². The number of urea groups is 1. The van der Waals surface area contributed by atoms with Crippen molar-refractivity contribution < 1.29 is 19.1 Å². The van der Waals surface area contributed by atoms with Crippen LogP contribution in [0.5, 0.6) is 0 Å². The van der Waals surface area contributed by atoms with Crippen molar-refractivity contribution in [2.24, 2.45) is 0 Å². The third-order valence-electron chi connectivity index (χ3n) is 4.95. The van der Waals surface area contributed by atoms with Gasteiger partial charge in [-0.15, -0.1) is 0 Å². The second kappa shape index (κ2) is 9.10. The first kappa shape index (κ1) is 22.2. The van der Waals surface area contributed by atoms with Crippen LogP contribution in [-0.2, 0) is 4.74 Å². The Morgan fingerprint density at radius 2 is 1.83 bits per heavy atom. The average Bonchev–Trinajstić information content (AvgIpc) is 3.47. The Labute approximate surface area is 184 Å². The SMILES string of the molecule is CCOC(=O)c1[nH]c(C)c(C(=O)CN(C(=O)Nc2c(Cl)cccc2Cl)C2CC2)c1C. The number of H-pyrrole nitrogens is 1. The highest BCUT2D eigenvalue weighted by molar-refractivity contribution is 6.39. The largest absolute Gasteiger partial charge is 0.461 e. The van der Waals surface area contributed by atoms with E-state index in [1.54, 1.807) is 39.0 Å². The molecule has 1 fully saturated rings. The van der Waals surface area contributed by atoms with Crippen molar-refractivity contribution in [1.82, 2.24) is 9.88 Å². The number of rotatable bonds is 7. The van der Waals surface area contributed by atoms with Crippen LogP contribution in [0, 0.1) is 13.8 Å². The number of nitrogens with one attached hydrogen (secondary N) is 2. The molecular formula is C21H23Cl2N3O4. The fourth-order valence-corrected chi connectivity index (χ4v) is 3.85. The van der Waals surface area contributed by atoms with E-state index in [1.807, 2.05) is 0 Å². The van der Waals surface area contributed by atoms with Gasteiger partial charge in [-0.2, -0.15) is 0 Å². The number of aromatic nitrogens is 1. The zero-order valence-electron chi connectivity index (χ0n) is 17.0. The number of ketones is 1. The number of para-hydroxylation sites is 1. The molecule has 0 spiro atoms. The van der Waals surface area contributed by atoms with Crippen molar-refractivity contribution in [3.63, 3.8) is 0 Å². The summed E-state index contributed by atoms with van der Waals surface area (Å²) in [6.45, 7) is 5.23. The molecule has 2 amide bonds. The van der Waals surface area contributed by atoms with Gasteiger partial charge in [-0.3, -0.25) is 4.79 Å². The summed E-state index contributed by atoms with van der Waals surface area (Å²) < 4.78 is 5.03. The van der Waals surface area contributed by atoms with Gasteiger partial charge in [0.1, 0.15) is 5.69 Å². The van der Waals surface area contributed by atoms with E-state index in [0.717, 1.165) is 12.8 Å². The molecule has 30 heavy (non-hydrogen) atoms. The zero-order valence-corrected chi connectivity index (χ0v) is 18.5. The monoisotopic (exact) mass is 451 g/mol. The van der Waals surface area contributed by atoms with Gasteiger partial charge in [0, 0.05) is 17.3 Å². The lowest BCUT2D eigenvalue weighted by molar-refractivity contribution is 0.0519. The fourth-order valence-electron chi connectivity index (χ4n) is 3.36. The predicted octanol–water partition coefficient (Wildman–Crippen LogP) is 4.99. The van der Waals surface area contributed by atoms with Crippen LogP contribution in [0.15, 0.2) is 18.2 Å². The molecule has 1 aromatic heterocycles. The van der Waals surface area contributed by atoms with E-state index in [-0.39, 0.29) is 30.7 Å². The molecule has 2 aromatic rings. The standard InChI is InChI=1S/C21H23Cl2N3O4/c1-4-30-20(28)18-11(2)17(12(3)24-18)16(27)10-26(13-8-9-13)21(29)25-19-14(22)6-5-7-15(19)23/h5-7,13,24H,4,8-10H2,1-3H3,(H,25,29). The minimum atomic E-state index is -0.512. The highest BCUT2D eigenvalue weighted by Gasteiger charge is 2.35. The van der Waals surface area contributed by atoms with Gasteiger partial charge in [0.05, 0.1) is 28.9 Å². The minimum absolute atomic E-state index is 0.0284. The van der Waals surface area contributed by atoms with E-state index in [0.29, 0.717) is 32.6 Å². The summed E-state index contributed by atoms with van der Waals surface area (Å²) in [6, 6.07) is 4.45. The Morgan fingerprint density at radius 3 is 2.40 bits per heavy atom. The van der Waals surface area contributed by atoms with E-state index >= 15 is 0 Å². The van der Waals surface area contributed by atoms with Crippen LogP contribution in [0.2, 0.25) is 10.0 Å². The number of ether oxygens (including phenoxy) is 1. The molecule has 0 radical (unpaired) electrons. The molecule has 0 unspecified atom stereocenters. The lowest BCUT2D eigenvalue weighted by atomic mass is 10.1. The lowest BCUT2D eigenvalue weighted by Gasteiger charge is -2.23. The van der Waals surface area contributed by atoms with E-state index in [2.05, 4.69) is 10.3 Å². The van der Waals surface area contributed by atoms with Crippen LogP contribution < -0.4 is 5.32 Å². The van der Waals surface area contributed by atoms with Gasteiger partial charge in [-0.25, -0.2) is 9.59 Å². The third-order valence-corrected chi connectivity index (χ3v) is 5.58. The van der Waals surface area contributed by atoms with Crippen LogP contribution in [0.4, 0.5) is 10.5 Å². The number of carbonyl (C=O) groups excluding carboxylic acids is 3. The molecule has 0 aliphatic heterocycles. The second-order valence-corrected chi connectivity index (χ2v) is 7.97. The molecule has 3 rings (SSSR count). The molecule has 1 aromatic carbocycles. The van der Waals surface area contributed by atoms with Gasteiger partial charge in [0.2, 0.25) is 0 Å². The Hall–Kier alpha value is -2.51. The van der Waals surface area contributed by atoms with Gasteiger partial charge in [-0.05, 0) is 51.3 Å². The fraction of sp³-hybridized carbons (Fsp3) is 0.381. The van der Waals surface area contributed by atoms with E-state index in [1.165, 1.54) is 4.90 Å². The van der Waals surface area contributed by atoms with E-state index < -0.39 is 12.0 Å². The summed E-state index contributed by atoms with van der Waals surface area (Å²) in [4.78, 5) is 42.5. The van der Waals surface area contributed by atoms with Gasteiger partial charge in [-0.1, -0.05) is 29.3 Å². The maximum Gasteiger partial charge on any atom is 0.355 e. The first-order chi connectivity index (χ1) is 14.2. The molecular weight excluding hydrogens is 429 g/mol. The molecule has 1 saturated carbocycles. The summed E-state index contributed by atoms with van der Waals surface area (Å²) in [6.07, 6.45) is 1.63. The Bertz CT molecular complexity index is 978. The molecule has 0 atom stereocenters. The van der Waals surface area contributed by atoms with Crippen LogP contribution >= 0.6 is 23.2 Å². The number of aryl methyl sites for hydroxylation is 1. The van der Waals surface area contributed by atoms with Gasteiger partial charge in [0.15, 0.2) is 5.78 Å². The number of carbonyl (C=O) groups is 3. The van der Waals surface area contributed by atoms with Crippen LogP contribution in [0.3, 0.4) is 0 Å². The molecule has 1 heterocycles. The lowest BCUT2D eigenvalue weighted by Crippen LogP contribution is -2.40. The number of benzene rings is 1. The molecule has 160 valence electrons. The summed E-state index contributed by atoms with van der Waals surface area (Å²) in [5, 5.41) is 3.34. The van der Waals surface area contributed by atoms with Gasteiger partial charge < -0.3 is 19.9 Å². The number of halogens is 2. The summed E-state index contributed by atoms with van der Waals surface area (Å²) >= 11 is 12.3. The topological polar surface area (TPSA) is 91.5 Å². The average molecular weight is 452 g/mol. The van der Waals surface area contributed by atoms with Crippen LogP contribution in [-0.4, -0.2) is 46.9 Å². The van der Waals surface area contributed by atoms with E-state index in [9.17, 15) is 14.4 Å². The van der Waals surface area contributed by atoms with Crippen molar-refractivity contribution in [3.05, 3.63) is 50.8 Å². The highest BCUT2D eigenvalue weighted by atomic mass is 35.5. The number of nitrogens with zero attached hydrogens (tertiary/aromatic N) is 1. The number of hydrogen-bond acceptors (Lipinski definition) is 4. The first-order valence-electron chi connectivity index (χ1n) is 9.65. The number of esters is 1. The Kier molecular flexibility index (Phi) is 6.73. The quantitative estimate of drug-likeness (QED) is 0.457. The minimum Gasteiger partial charge on any atom is -0.461 e. The van der Waals surface area contributed by atoms with Gasteiger partial charge >= 0.3 is 12.0 Å². The molecule has 0 saturated heterocycles. The Balaban J connectivity index is 1.80. The maximum atomic E-state index is 13.1. The number of anilines is 1. The highest BCUT2D eigenvalue weighted by Crippen LogP contribution is 2.32. The van der Waals surface area contributed by atoms with Crippen molar-refractivity contribution in [3.8, 4) is 0 Å². The van der Waals surface area contributed by atoms with Crippen molar-refractivity contribution in [1.29, 1.82) is 0 Å². The van der Waals surface area contributed by atoms with Crippen LogP contribution in [0.25, 0.3) is 0 Å². The number of hydrogen-bond donors (Lipinski definition) is 2.